The Morgan fingerprint density at radius 1 is 1.18 bits per heavy atom. The summed E-state index contributed by atoms with van der Waals surface area (Å²) in [5.74, 6) is 0.591. The Kier molecular flexibility index (Phi) is 6.57. The van der Waals surface area contributed by atoms with Crippen LogP contribution < -0.4 is 10.2 Å². The van der Waals surface area contributed by atoms with Crippen molar-refractivity contribution in [2.75, 3.05) is 23.3 Å². The van der Waals surface area contributed by atoms with E-state index < -0.39 is 0 Å². The molecule has 1 aliphatic rings. The van der Waals surface area contributed by atoms with Crippen molar-refractivity contribution in [3.63, 3.8) is 0 Å². The number of thioether (sulfide) groups is 1. The predicted molar refractivity (Wildman–Crippen MR) is 136 cm³/mol. The Balaban J connectivity index is 1.46. The summed E-state index contributed by atoms with van der Waals surface area (Å²) in [7, 11) is 0. The number of hydrogen-bond acceptors (Lipinski definition) is 7. The van der Waals surface area contributed by atoms with Gasteiger partial charge >= 0.3 is 0 Å². The molecule has 0 radical (unpaired) electrons. The first-order valence-electron chi connectivity index (χ1n) is 10.9. The molecule has 1 amide bonds. The molecule has 1 N–H and O–H groups in total. The number of para-hydroxylation sites is 1. The van der Waals surface area contributed by atoms with E-state index in [0.29, 0.717) is 27.8 Å². The molecule has 0 unspecified atom stereocenters. The molecular formula is C24H23ClN4O2S2. The molecule has 33 heavy (non-hydrogen) atoms. The van der Waals surface area contributed by atoms with Crippen molar-refractivity contribution < 1.29 is 9.21 Å². The van der Waals surface area contributed by atoms with Gasteiger partial charge in [0.15, 0.2) is 10.1 Å². The second-order valence-electron chi connectivity index (χ2n) is 7.94. The van der Waals surface area contributed by atoms with Crippen molar-refractivity contribution in [2.24, 2.45) is 0 Å². The second kappa shape index (κ2) is 9.75. The fraction of sp³-hybridized carbons (Fsp3) is 0.292. The lowest BCUT2D eigenvalue weighted by atomic mass is 10.1. The quantitative estimate of drug-likeness (QED) is 0.295. The molecule has 3 heterocycles. The number of carbonyl (C=O) groups is 1. The standard InChI is InChI=1S/C24H23ClN4O2S2/c1-15-27-28-24(33-15)32-14-18-17-7-3-4-8-21(17)31-22(18)23(30)26-19-13-16(25)9-10-20(19)29-11-5-2-6-12-29/h3-4,7-10,13H,2,5-6,11-12,14H2,1H3,(H,26,30). The maximum Gasteiger partial charge on any atom is 0.291 e. The van der Waals surface area contributed by atoms with E-state index in [2.05, 4.69) is 20.4 Å². The number of benzene rings is 2. The van der Waals surface area contributed by atoms with E-state index in [1.807, 2.05) is 49.4 Å². The highest BCUT2D eigenvalue weighted by Gasteiger charge is 2.23. The van der Waals surface area contributed by atoms with E-state index in [4.69, 9.17) is 16.0 Å². The number of fused-ring (bicyclic) bond motifs is 1. The number of halogens is 1. The number of furan rings is 1. The number of nitrogens with zero attached hydrogens (tertiary/aromatic N) is 3. The van der Waals surface area contributed by atoms with Gasteiger partial charge in [-0.3, -0.25) is 4.79 Å². The zero-order valence-electron chi connectivity index (χ0n) is 18.1. The van der Waals surface area contributed by atoms with Gasteiger partial charge in [0.1, 0.15) is 10.6 Å². The Labute approximate surface area is 205 Å². The number of rotatable bonds is 6. The SMILES string of the molecule is Cc1nnc(SCc2c(C(=O)Nc3cc(Cl)ccc3N3CCCCC3)oc3ccccc23)s1. The highest BCUT2D eigenvalue weighted by Crippen LogP contribution is 2.35. The third kappa shape index (κ3) is 4.88. The van der Waals surface area contributed by atoms with Crippen molar-refractivity contribution in [3.8, 4) is 0 Å². The molecule has 170 valence electrons. The van der Waals surface area contributed by atoms with Gasteiger partial charge in [-0.1, -0.05) is 52.9 Å². The van der Waals surface area contributed by atoms with Gasteiger partial charge in [0.2, 0.25) is 0 Å². The lowest BCUT2D eigenvalue weighted by Crippen LogP contribution is -2.30. The molecule has 5 rings (SSSR count). The number of amides is 1. The maximum atomic E-state index is 13.5. The third-order valence-electron chi connectivity index (χ3n) is 5.66. The second-order valence-corrected chi connectivity index (χ2v) is 10.8. The Hall–Kier alpha value is -2.55. The number of aryl methyl sites for hydroxylation is 1. The summed E-state index contributed by atoms with van der Waals surface area (Å²) in [6.07, 6.45) is 3.53. The van der Waals surface area contributed by atoms with Gasteiger partial charge in [-0.05, 0) is 50.5 Å². The maximum absolute atomic E-state index is 13.5. The predicted octanol–water partition coefficient (Wildman–Crippen LogP) is 6.78. The molecule has 2 aromatic heterocycles. The molecule has 0 bridgehead atoms. The van der Waals surface area contributed by atoms with Crippen LogP contribution in [-0.2, 0) is 5.75 Å². The molecule has 0 spiro atoms. The largest absolute Gasteiger partial charge is 0.451 e. The molecule has 2 aromatic carbocycles. The van der Waals surface area contributed by atoms with Crippen molar-refractivity contribution in [2.45, 2.75) is 36.3 Å². The summed E-state index contributed by atoms with van der Waals surface area (Å²) in [6.45, 7) is 3.87. The lowest BCUT2D eigenvalue weighted by Gasteiger charge is -2.30. The fourth-order valence-electron chi connectivity index (χ4n) is 4.09. The first-order valence-corrected chi connectivity index (χ1v) is 13.1. The van der Waals surface area contributed by atoms with Crippen LogP contribution in [-0.4, -0.2) is 29.2 Å². The van der Waals surface area contributed by atoms with Crippen LogP contribution in [0.5, 0.6) is 0 Å². The molecule has 4 aromatic rings. The molecular weight excluding hydrogens is 476 g/mol. The highest BCUT2D eigenvalue weighted by molar-refractivity contribution is 8.00. The Morgan fingerprint density at radius 2 is 2.00 bits per heavy atom. The van der Waals surface area contributed by atoms with Gasteiger partial charge in [0, 0.05) is 34.8 Å². The lowest BCUT2D eigenvalue weighted by molar-refractivity contribution is 0.0998. The van der Waals surface area contributed by atoms with Crippen LogP contribution in [0.1, 0.15) is 40.4 Å². The van der Waals surface area contributed by atoms with Gasteiger partial charge in [-0.15, -0.1) is 10.2 Å². The summed E-state index contributed by atoms with van der Waals surface area (Å²) in [4.78, 5) is 15.8. The molecule has 9 heteroatoms. The van der Waals surface area contributed by atoms with Crippen LogP contribution >= 0.6 is 34.7 Å². The average molecular weight is 499 g/mol. The fourth-order valence-corrected chi connectivity index (χ4v) is 6.11. The smallest absolute Gasteiger partial charge is 0.291 e. The van der Waals surface area contributed by atoms with E-state index in [1.54, 1.807) is 23.1 Å². The third-order valence-corrected chi connectivity index (χ3v) is 7.89. The monoisotopic (exact) mass is 498 g/mol. The van der Waals surface area contributed by atoms with Crippen molar-refractivity contribution in [1.29, 1.82) is 0 Å². The van der Waals surface area contributed by atoms with E-state index in [-0.39, 0.29) is 5.91 Å². The summed E-state index contributed by atoms with van der Waals surface area (Å²) < 4.78 is 6.90. The molecule has 1 aliphatic heterocycles. The number of aromatic nitrogens is 2. The van der Waals surface area contributed by atoms with Crippen LogP contribution in [0.3, 0.4) is 0 Å². The normalized spacial score (nSPS) is 14.1. The van der Waals surface area contributed by atoms with Gasteiger partial charge in [0.25, 0.3) is 5.91 Å². The van der Waals surface area contributed by atoms with E-state index in [9.17, 15) is 4.79 Å². The minimum Gasteiger partial charge on any atom is -0.451 e. The zero-order chi connectivity index (χ0) is 22.8. The van der Waals surface area contributed by atoms with Crippen LogP contribution in [0.4, 0.5) is 11.4 Å². The van der Waals surface area contributed by atoms with Crippen LogP contribution in [0.2, 0.25) is 5.02 Å². The van der Waals surface area contributed by atoms with Crippen molar-refractivity contribution in [3.05, 3.63) is 63.8 Å². The minimum atomic E-state index is -0.282. The molecule has 0 saturated carbocycles. The first kappa shape index (κ1) is 22.3. The van der Waals surface area contributed by atoms with Gasteiger partial charge in [0.05, 0.1) is 11.4 Å². The van der Waals surface area contributed by atoms with Gasteiger partial charge in [-0.2, -0.15) is 0 Å². The van der Waals surface area contributed by atoms with Crippen molar-refractivity contribution in [1.82, 2.24) is 10.2 Å². The summed E-state index contributed by atoms with van der Waals surface area (Å²) in [5.41, 5.74) is 3.23. The number of hydrogen-bond donors (Lipinski definition) is 1. The van der Waals surface area contributed by atoms with Crippen molar-refractivity contribution >= 4 is 63.0 Å². The van der Waals surface area contributed by atoms with Crippen LogP contribution in [0, 0.1) is 6.92 Å². The summed E-state index contributed by atoms with van der Waals surface area (Å²) >= 11 is 9.39. The summed E-state index contributed by atoms with van der Waals surface area (Å²) in [6, 6.07) is 13.4. The Bertz CT molecular complexity index is 1300. The minimum absolute atomic E-state index is 0.282. The van der Waals surface area contributed by atoms with E-state index in [1.165, 1.54) is 6.42 Å². The highest BCUT2D eigenvalue weighted by atomic mass is 35.5. The molecule has 1 fully saturated rings. The number of piperidine rings is 1. The van der Waals surface area contributed by atoms with E-state index >= 15 is 0 Å². The summed E-state index contributed by atoms with van der Waals surface area (Å²) in [5, 5.41) is 13.8. The van der Waals surface area contributed by atoms with Gasteiger partial charge in [-0.25, -0.2) is 0 Å². The topological polar surface area (TPSA) is 71.3 Å². The Morgan fingerprint density at radius 3 is 2.79 bits per heavy atom. The number of carbonyl (C=O) groups excluding carboxylic acids is 1. The number of anilines is 2. The zero-order valence-corrected chi connectivity index (χ0v) is 20.5. The average Bonchev–Trinajstić information content (AvgIpc) is 3.41. The number of nitrogens with one attached hydrogen (secondary N) is 1. The molecule has 6 nitrogen and oxygen atoms in total. The molecule has 0 aliphatic carbocycles. The van der Waals surface area contributed by atoms with E-state index in [0.717, 1.165) is 51.9 Å². The first-order chi connectivity index (χ1) is 16.1. The molecule has 0 atom stereocenters. The molecule has 1 saturated heterocycles. The van der Waals surface area contributed by atoms with Gasteiger partial charge < -0.3 is 14.6 Å². The van der Waals surface area contributed by atoms with Crippen LogP contribution in [0.25, 0.3) is 11.0 Å². The van der Waals surface area contributed by atoms with Crippen LogP contribution in [0.15, 0.2) is 51.2 Å².